The second-order valence-electron chi connectivity index (χ2n) is 15.6. The topological polar surface area (TPSA) is 51.6 Å². The van der Waals surface area contributed by atoms with Gasteiger partial charge in [-0.2, -0.15) is 0 Å². The van der Waals surface area contributed by atoms with Crippen LogP contribution < -0.4 is 0 Å². The van der Waals surface area contributed by atoms with Crippen molar-refractivity contribution in [3.63, 3.8) is 0 Å². The highest BCUT2D eigenvalue weighted by atomic mass is 14.8. The summed E-state index contributed by atoms with van der Waals surface area (Å²) in [6.07, 6.45) is 10.5. The smallest absolute Gasteiger partial charge is 0.0972 e. The number of benzene rings is 6. The summed E-state index contributed by atoms with van der Waals surface area (Å²) >= 11 is 0. The Morgan fingerprint density at radius 2 is 0.932 bits per heavy atom. The highest BCUT2D eigenvalue weighted by Crippen LogP contribution is 2.57. The van der Waals surface area contributed by atoms with Gasteiger partial charge in [0.1, 0.15) is 0 Å². The first-order valence-electron chi connectivity index (χ1n) is 20.3. The Kier molecular flexibility index (Phi) is 7.54. The lowest BCUT2D eigenvalue weighted by Crippen LogP contribution is -2.29. The quantitative estimate of drug-likeness (QED) is 0.164. The van der Waals surface area contributed by atoms with Gasteiger partial charge in [0, 0.05) is 45.1 Å². The van der Waals surface area contributed by atoms with Crippen molar-refractivity contribution in [3.8, 4) is 33.6 Å². The monoisotopic (exact) mass is 752 g/mol. The molecule has 0 saturated heterocycles. The van der Waals surface area contributed by atoms with E-state index in [9.17, 15) is 0 Å². The number of hydrogen-bond acceptors (Lipinski definition) is 4. The molecular formula is C55H36N4. The van der Waals surface area contributed by atoms with E-state index in [1.165, 1.54) is 33.4 Å². The van der Waals surface area contributed by atoms with Crippen LogP contribution in [-0.2, 0) is 5.41 Å². The third-order valence-electron chi connectivity index (χ3n) is 12.5. The van der Waals surface area contributed by atoms with E-state index in [4.69, 9.17) is 19.9 Å². The van der Waals surface area contributed by atoms with E-state index < -0.39 is 5.41 Å². The minimum absolute atomic E-state index is 0.482. The Morgan fingerprint density at radius 3 is 1.59 bits per heavy atom. The van der Waals surface area contributed by atoms with E-state index in [-0.39, 0.29) is 0 Å². The van der Waals surface area contributed by atoms with Crippen molar-refractivity contribution in [2.24, 2.45) is 0 Å². The summed E-state index contributed by atoms with van der Waals surface area (Å²) in [6.45, 7) is 0. The lowest BCUT2D eigenvalue weighted by molar-refractivity contribution is 0.757. The van der Waals surface area contributed by atoms with Crippen LogP contribution >= 0.6 is 0 Å². The van der Waals surface area contributed by atoms with E-state index in [1.807, 2.05) is 24.5 Å². The van der Waals surface area contributed by atoms with Crippen LogP contribution in [0.2, 0.25) is 0 Å². The van der Waals surface area contributed by atoms with Gasteiger partial charge in [0.2, 0.25) is 0 Å². The van der Waals surface area contributed by atoms with Gasteiger partial charge in [0.15, 0.2) is 0 Å². The summed E-state index contributed by atoms with van der Waals surface area (Å²) in [6, 6.07) is 61.3. The van der Waals surface area contributed by atoms with Crippen molar-refractivity contribution >= 4 is 49.2 Å². The first-order valence-corrected chi connectivity index (χ1v) is 20.3. The zero-order chi connectivity index (χ0) is 38.9. The maximum atomic E-state index is 5.23. The third-order valence-corrected chi connectivity index (χ3v) is 12.5. The minimum Gasteiger partial charge on any atom is -0.254 e. The van der Waals surface area contributed by atoms with E-state index in [0.29, 0.717) is 0 Å². The highest BCUT2D eigenvalue weighted by molar-refractivity contribution is 6.04. The Hall–Kier alpha value is -7.56. The Morgan fingerprint density at radius 1 is 0.407 bits per heavy atom. The van der Waals surface area contributed by atoms with Crippen LogP contribution in [-0.4, -0.2) is 19.9 Å². The first kappa shape index (κ1) is 33.6. The zero-order valence-corrected chi connectivity index (χ0v) is 32.2. The van der Waals surface area contributed by atoms with Gasteiger partial charge in [-0.25, -0.2) is 9.97 Å². The van der Waals surface area contributed by atoms with Crippen LogP contribution in [0.1, 0.15) is 35.1 Å². The highest BCUT2D eigenvalue weighted by Gasteiger charge is 2.47. The molecule has 1 atom stereocenters. The largest absolute Gasteiger partial charge is 0.254 e. The molecule has 276 valence electrons. The molecule has 0 spiro atoms. The van der Waals surface area contributed by atoms with Crippen LogP contribution in [0.25, 0.3) is 82.8 Å². The summed E-state index contributed by atoms with van der Waals surface area (Å²) < 4.78 is 0. The molecule has 1 unspecified atom stereocenters. The molecule has 0 N–H and O–H groups in total. The SMILES string of the molecule is C1=CC2=C(CC1)c1ccccc1C2(c1ccc(-c2ccc3ccc4cccnc4c3n2)cc1)c1ccc(-c2ccccc2-c2ccc3ccc4cccnc4c3n2)cc1. The van der Waals surface area contributed by atoms with E-state index in [1.54, 1.807) is 0 Å². The predicted octanol–water partition coefficient (Wildman–Crippen LogP) is 13.3. The number of rotatable bonds is 5. The molecule has 2 aliphatic rings. The molecule has 4 aromatic heterocycles. The second-order valence-corrected chi connectivity index (χ2v) is 15.6. The van der Waals surface area contributed by atoms with Gasteiger partial charge in [-0.15, -0.1) is 0 Å². The molecule has 59 heavy (non-hydrogen) atoms. The zero-order valence-electron chi connectivity index (χ0n) is 32.2. The van der Waals surface area contributed by atoms with Gasteiger partial charge in [-0.05, 0) is 81.6 Å². The van der Waals surface area contributed by atoms with Crippen molar-refractivity contribution < 1.29 is 0 Å². The van der Waals surface area contributed by atoms with Gasteiger partial charge >= 0.3 is 0 Å². The van der Waals surface area contributed by atoms with Crippen LogP contribution in [0.3, 0.4) is 0 Å². The summed E-state index contributed by atoms with van der Waals surface area (Å²) in [7, 11) is 0. The molecule has 0 amide bonds. The fourth-order valence-electron chi connectivity index (χ4n) is 9.81. The Bertz CT molecular complexity index is 3380. The summed E-state index contributed by atoms with van der Waals surface area (Å²) in [4.78, 5) is 19.8. The van der Waals surface area contributed by atoms with Crippen molar-refractivity contribution in [3.05, 3.63) is 222 Å². The number of allylic oxidation sites excluding steroid dienone is 4. The summed E-state index contributed by atoms with van der Waals surface area (Å²) in [5.41, 5.74) is 17.6. The molecular weight excluding hydrogens is 717 g/mol. The normalized spacial score (nSPS) is 15.9. The van der Waals surface area contributed by atoms with E-state index in [0.717, 1.165) is 90.1 Å². The molecule has 4 nitrogen and oxygen atoms in total. The van der Waals surface area contributed by atoms with Gasteiger partial charge in [0.25, 0.3) is 0 Å². The lowest BCUT2D eigenvalue weighted by Gasteiger charge is -2.35. The molecule has 0 radical (unpaired) electrons. The number of nitrogens with zero attached hydrogens (tertiary/aromatic N) is 4. The molecule has 10 aromatic rings. The van der Waals surface area contributed by atoms with Gasteiger partial charge in [0.05, 0.1) is 38.9 Å². The van der Waals surface area contributed by atoms with Crippen molar-refractivity contribution in [2.45, 2.75) is 18.3 Å². The second kappa shape index (κ2) is 13.3. The van der Waals surface area contributed by atoms with Gasteiger partial charge in [-0.3, -0.25) is 9.97 Å². The van der Waals surface area contributed by atoms with Crippen LogP contribution in [0, 0.1) is 0 Å². The van der Waals surface area contributed by atoms with Crippen molar-refractivity contribution in [1.29, 1.82) is 0 Å². The van der Waals surface area contributed by atoms with Crippen molar-refractivity contribution in [2.75, 3.05) is 0 Å². The molecule has 2 aliphatic carbocycles. The molecule has 0 aliphatic heterocycles. The predicted molar refractivity (Wildman–Crippen MR) is 242 cm³/mol. The molecule has 0 saturated carbocycles. The molecule has 12 rings (SSSR count). The average molecular weight is 753 g/mol. The van der Waals surface area contributed by atoms with Crippen LogP contribution in [0.5, 0.6) is 0 Å². The molecule has 0 bridgehead atoms. The minimum atomic E-state index is -0.482. The molecule has 4 heteroatoms. The summed E-state index contributed by atoms with van der Waals surface area (Å²) in [5, 5.41) is 4.36. The summed E-state index contributed by atoms with van der Waals surface area (Å²) in [5.74, 6) is 0. The molecule has 4 heterocycles. The Balaban J connectivity index is 0.987. The van der Waals surface area contributed by atoms with Crippen LogP contribution in [0.4, 0.5) is 0 Å². The van der Waals surface area contributed by atoms with E-state index >= 15 is 0 Å². The lowest BCUT2D eigenvalue weighted by atomic mass is 9.66. The maximum absolute atomic E-state index is 5.23. The number of hydrogen-bond donors (Lipinski definition) is 0. The number of fused-ring (bicyclic) bond motifs is 8. The number of aromatic nitrogens is 4. The molecule has 6 aromatic carbocycles. The standard InChI is InChI=1S/C55H36N4/c1-2-14-46(50-32-26-40-20-18-38-10-8-34-57-52(38)54(40)59-50)43(11-1)35-21-27-41(28-22-35)55(47-15-5-3-12-44(47)45-13-4-6-16-48(45)55)42-29-23-36(24-30-42)49-31-25-39-19-17-37-9-7-33-56-51(37)53(39)58-49/h1-3,5-12,14-34H,4,13H2. The average Bonchev–Trinajstić information content (AvgIpc) is 3.62. The third kappa shape index (κ3) is 5.16. The maximum Gasteiger partial charge on any atom is 0.0972 e. The van der Waals surface area contributed by atoms with E-state index in [2.05, 4.69) is 170 Å². The van der Waals surface area contributed by atoms with Crippen molar-refractivity contribution in [1.82, 2.24) is 19.9 Å². The molecule has 0 fully saturated rings. The van der Waals surface area contributed by atoms with Crippen LogP contribution in [0.15, 0.2) is 200 Å². The fourth-order valence-corrected chi connectivity index (χ4v) is 9.81. The fraction of sp³-hybridized carbons (Fsp3) is 0.0545. The Labute approximate surface area is 341 Å². The first-order chi connectivity index (χ1) is 29.2. The van der Waals surface area contributed by atoms with Gasteiger partial charge < -0.3 is 0 Å². The van der Waals surface area contributed by atoms with Gasteiger partial charge in [-0.1, -0.05) is 158 Å². The number of pyridine rings is 4.